The van der Waals surface area contributed by atoms with Crippen molar-refractivity contribution in [1.82, 2.24) is 10.3 Å². The Morgan fingerprint density at radius 1 is 1.00 bits per heavy atom. The summed E-state index contributed by atoms with van der Waals surface area (Å²) in [5.74, 6) is 0.738. The predicted octanol–water partition coefficient (Wildman–Crippen LogP) is 6.05. The molecule has 0 saturated carbocycles. The minimum Gasteiger partial charge on any atom is -0.493 e. The fraction of sp³-hybridized carbons (Fsp3) is 0.160. The van der Waals surface area contributed by atoms with Crippen LogP contribution in [0.4, 0.5) is 0 Å². The maximum absolute atomic E-state index is 12.9. The number of fused-ring (bicyclic) bond motifs is 1. The van der Waals surface area contributed by atoms with Crippen LogP contribution in [0.5, 0.6) is 11.5 Å². The van der Waals surface area contributed by atoms with Crippen LogP contribution in [0.3, 0.4) is 0 Å². The number of H-pyrrole nitrogens is 1. The number of nitrogens with one attached hydrogen (secondary N) is 2. The van der Waals surface area contributed by atoms with Crippen molar-refractivity contribution in [3.05, 3.63) is 93.6 Å². The molecule has 0 radical (unpaired) electrons. The van der Waals surface area contributed by atoms with Gasteiger partial charge in [-0.3, -0.25) is 4.79 Å². The lowest BCUT2D eigenvalue weighted by molar-refractivity contribution is 0.0952. The molecule has 7 heteroatoms. The van der Waals surface area contributed by atoms with Crippen molar-refractivity contribution >= 4 is 40.0 Å². The molecule has 0 spiro atoms. The van der Waals surface area contributed by atoms with Crippen LogP contribution in [0.1, 0.15) is 27.4 Å². The molecule has 1 aromatic heterocycles. The Hall–Kier alpha value is -3.15. The lowest BCUT2D eigenvalue weighted by Crippen LogP contribution is -2.29. The summed E-state index contributed by atoms with van der Waals surface area (Å²) in [7, 11) is 3.21. The van der Waals surface area contributed by atoms with E-state index in [1.54, 1.807) is 32.4 Å². The number of para-hydroxylation sites is 2. The fourth-order valence-corrected chi connectivity index (χ4v) is 4.29. The van der Waals surface area contributed by atoms with Gasteiger partial charge in [0.2, 0.25) is 0 Å². The summed E-state index contributed by atoms with van der Waals surface area (Å²) in [6.45, 7) is 0.313. The van der Waals surface area contributed by atoms with Gasteiger partial charge in [-0.2, -0.15) is 0 Å². The summed E-state index contributed by atoms with van der Waals surface area (Å²) < 4.78 is 11.2. The van der Waals surface area contributed by atoms with Crippen molar-refractivity contribution in [3.63, 3.8) is 0 Å². The Kier molecular flexibility index (Phi) is 6.58. The monoisotopic (exact) mass is 468 g/mol. The zero-order valence-electron chi connectivity index (χ0n) is 17.6. The number of methoxy groups -OCH3 is 2. The molecule has 0 saturated heterocycles. The number of halogens is 2. The Morgan fingerprint density at radius 3 is 2.59 bits per heavy atom. The van der Waals surface area contributed by atoms with Gasteiger partial charge >= 0.3 is 0 Å². The predicted molar refractivity (Wildman–Crippen MR) is 128 cm³/mol. The first-order chi connectivity index (χ1) is 15.5. The van der Waals surface area contributed by atoms with E-state index in [9.17, 15) is 4.79 Å². The second-order valence-electron chi connectivity index (χ2n) is 7.26. The highest BCUT2D eigenvalue weighted by atomic mass is 35.5. The van der Waals surface area contributed by atoms with Gasteiger partial charge in [-0.05, 0) is 35.9 Å². The zero-order chi connectivity index (χ0) is 22.7. The van der Waals surface area contributed by atoms with E-state index in [2.05, 4.69) is 16.4 Å². The van der Waals surface area contributed by atoms with Crippen LogP contribution in [0.25, 0.3) is 10.9 Å². The molecule has 3 aromatic carbocycles. The molecule has 164 valence electrons. The maximum Gasteiger partial charge on any atom is 0.252 e. The smallest absolute Gasteiger partial charge is 0.252 e. The Labute approximate surface area is 196 Å². The van der Waals surface area contributed by atoms with E-state index in [0.29, 0.717) is 33.7 Å². The quantitative estimate of drug-likeness (QED) is 0.346. The summed E-state index contributed by atoms with van der Waals surface area (Å²) in [4.78, 5) is 16.3. The van der Waals surface area contributed by atoms with Crippen molar-refractivity contribution < 1.29 is 14.3 Å². The molecular formula is C25H22Cl2N2O3. The first-order valence-electron chi connectivity index (χ1n) is 10.0. The standard InChI is InChI=1S/C25H22Cl2N2O3/c1-31-23-9-5-7-17(24(23)32-2)20(19-13-28-22-8-4-3-6-16(19)22)14-29-25(30)18-12-15(26)10-11-21(18)27/h3-13,20,28H,14H2,1-2H3,(H,29,30). The van der Waals surface area contributed by atoms with Crippen molar-refractivity contribution in [2.75, 3.05) is 20.8 Å². The summed E-state index contributed by atoms with van der Waals surface area (Å²) >= 11 is 12.3. The first-order valence-corrected chi connectivity index (χ1v) is 10.8. The molecule has 0 fully saturated rings. The van der Waals surface area contributed by atoms with Crippen molar-refractivity contribution in [2.45, 2.75) is 5.92 Å². The number of carbonyl (C=O) groups is 1. The number of benzene rings is 3. The Morgan fingerprint density at radius 2 is 1.81 bits per heavy atom. The number of amides is 1. The number of aromatic amines is 1. The van der Waals surface area contributed by atoms with Crippen molar-refractivity contribution in [1.29, 1.82) is 0 Å². The van der Waals surface area contributed by atoms with E-state index >= 15 is 0 Å². The van der Waals surface area contributed by atoms with Crippen LogP contribution in [0.15, 0.2) is 66.9 Å². The van der Waals surface area contributed by atoms with Gasteiger partial charge in [0.1, 0.15) is 0 Å². The summed E-state index contributed by atoms with van der Waals surface area (Å²) in [6.07, 6.45) is 1.97. The second-order valence-corrected chi connectivity index (χ2v) is 8.10. The Balaban J connectivity index is 1.75. The SMILES string of the molecule is COc1cccc(C(CNC(=O)c2cc(Cl)ccc2Cl)c2c[nH]c3ccccc23)c1OC. The third-order valence-electron chi connectivity index (χ3n) is 5.45. The molecule has 32 heavy (non-hydrogen) atoms. The molecule has 4 aromatic rings. The van der Waals surface area contributed by atoms with Crippen LogP contribution in [-0.2, 0) is 0 Å². The number of ether oxygens (including phenoxy) is 2. The highest BCUT2D eigenvalue weighted by Crippen LogP contribution is 2.40. The molecule has 0 bridgehead atoms. The summed E-state index contributed by atoms with van der Waals surface area (Å²) in [5, 5.41) is 4.87. The average molecular weight is 469 g/mol. The van der Waals surface area contributed by atoms with Gasteiger partial charge in [-0.25, -0.2) is 0 Å². The van der Waals surface area contributed by atoms with Crippen molar-refractivity contribution in [2.24, 2.45) is 0 Å². The van der Waals surface area contributed by atoms with Crippen LogP contribution < -0.4 is 14.8 Å². The van der Waals surface area contributed by atoms with E-state index in [1.807, 2.05) is 42.6 Å². The van der Waals surface area contributed by atoms with Gasteiger partial charge < -0.3 is 19.8 Å². The lowest BCUT2D eigenvalue weighted by Gasteiger charge is -2.22. The number of carbonyl (C=O) groups excluding carboxylic acids is 1. The van der Waals surface area contributed by atoms with Gasteiger partial charge in [0, 0.05) is 40.1 Å². The molecule has 0 aliphatic rings. The molecule has 1 heterocycles. The highest BCUT2D eigenvalue weighted by Gasteiger charge is 2.24. The number of rotatable bonds is 7. The maximum atomic E-state index is 12.9. The fourth-order valence-electron chi connectivity index (χ4n) is 3.92. The molecule has 4 rings (SSSR count). The van der Waals surface area contributed by atoms with Gasteiger partial charge in [0.05, 0.1) is 24.8 Å². The summed E-state index contributed by atoms with van der Waals surface area (Å²) in [6, 6.07) is 18.6. The van der Waals surface area contributed by atoms with E-state index < -0.39 is 0 Å². The van der Waals surface area contributed by atoms with Gasteiger partial charge in [0.15, 0.2) is 11.5 Å². The Bertz CT molecular complexity index is 1270. The number of hydrogen-bond acceptors (Lipinski definition) is 3. The molecular weight excluding hydrogens is 447 g/mol. The molecule has 0 aliphatic carbocycles. The minimum atomic E-state index is -0.302. The molecule has 1 unspecified atom stereocenters. The van der Waals surface area contributed by atoms with Crippen molar-refractivity contribution in [3.8, 4) is 11.5 Å². The van der Waals surface area contributed by atoms with E-state index in [1.165, 1.54) is 0 Å². The van der Waals surface area contributed by atoms with E-state index in [4.69, 9.17) is 32.7 Å². The number of hydrogen-bond donors (Lipinski definition) is 2. The molecule has 1 amide bonds. The van der Waals surface area contributed by atoms with Crippen LogP contribution in [0.2, 0.25) is 10.0 Å². The first kappa shape index (κ1) is 22.1. The molecule has 5 nitrogen and oxygen atoms in total. The number of aromatic nitrogens is 1. The highest BCUT2D eigenvalue weighted by molar-refractivity contribution is 6.35. The van der Waals surface area contributed by atoms with Crippen LogP contribution in [0, 0.1) is 0 Å². The largest absolute Gasteiger partial charge is 0.493 e. The lowest BCUT2D eigenvalue weighted by atomic mass is 9.89. The third kappa shape index (κ3) is 4.27. The molecule has 1 atom stereocenters. The van der Waals surface area contributed by atoms with Crippen LogP contribution >= 0.6 is 23.2 Å². The molecule has 0 aliphatic heterocycles. The second kappa shape index (κ2) is 9.55. The molecule has 2 N–H and O–H groups in total. The summed E-state index contributed by atoms with van der Waals surface area (Å²) in [5.41, 5.74) is 3.27. The zero-order valence-corrected chi connectivity index (χ0v) is 19.1. The average Bonchev–Trinajstić information content (AvgIpc) is 3.24. The minimum absolute atomic E-state index is 0.210. The van der Waals surface area contributed by atoms with Gasteiger partial charge in [0.25, 0.3) is 5.91 Å². The normalized spacial score (nSPS) is 11.9. The van der Waals surface area contributed by atoms with Gasteiger partial charge in [-0.1, -0.05) is 53.5 Å². The van der Waals surface area contributed by atoms with E-state index in [-0.39, 0.29) is 11.8 Å². The topological polar surface area (TPSA) is 63.3 Å². The van der Waals surface area contributed by atoms with Gasteiger partial charge in [-0.15, -0.1) is 0 Å². The van der Waals surface area contributed by atoms with Crippen LogP contribution in [-0.4, -0.2) is 31.7 Å². The third-order valence-corrected chi connectivity index (χ3v) is 6.01. The van der Waals surface area contributed by atoms with E-state index in [0.717, 1.165) is 22.0 Å².